The number of nitrogens with one attached hydrogen (secondary N) is 1. The standard InChI is InChI=1S/C19H26N2O3/c1-3-21(4-2)13-15-24-18-10-6-5-9-17(18)20-19(22)12-11-16-8-7-14-23-16/h5-10,14H,3-4,11-13,15H2,1-2H3,(H,20,22). The van der Waals surface area contributed by atoms with Crippen molar-refractivity contribution in [2.24, 2.45) is 0 Å². The van der Waals surface area contributed by atoms with Crippen LogP contribution in [0.4, 0.5) is 5.69 Å². The fourth-order valence-electron chi connectivity index (χ4n) is 2.42. The second-order valence-electron chi connectivity index (χ2n) is 5.50. The summed E-state index contributed by atoms with van der Waals surface area (Å²) in [4.78, 5) is 14.4. The van der Waals surface area contributed by atoms with Crippen molar-refractivity contribution in [1.29, 1.82) is 0 Å². The lowest BCUT2D eigenvalue weighted by Gasteiger charge is -2.19. The summed E-state index contributed by atoms with van der Waals surface area (Å²) in [6.45, 7) is 7.75. The maximum Gasteiger partial charge on any atom is 0.224 e. The van der Waals surface area contributed by atoms with Crippen molar-refractivity contribution in [1.82, 2.24) is 4.90 Å². The molecule has 0 atom stereocenters. The van der Waals surface area contributed by atoms with Crippen LogP contribution < -0.4 is 10.1 Å². The molecule has 0 aliphatic heterocycles. The van der Waals surface area contributed by atoms with Gasteiger partial charge in [-0.05, 0) is 37.4 Å². The molecule has 0 aliphatic rings. The molecular formula is C19H26N2O3. The van der Waals surface area contributed by atoms with Crippen LogP contribution in [0.15, 0.2) is 47.1 Å². The molecule has 5 heteroatoms. The Hall–Kier alpha value is -2.27. The highest BCUT2D eigenvalue weighted by Gasteiger charge is 2.09. The average Bonchev–Trinajstić information content (AvgIpc) is 3.12. The Labute approximate surface area is 143 Å². The molecule has 1 amide bonds. The molecule has 0 unspecified atom stereocenters. The number of nitrogens with zero attached hydrogens (tertiary/aromatic N) is 1. The van der Waals surface area contributed by atoms with Crippen LogP contribution in [0.5, 0.6) is 5.75 Å². The molecule has 1 N–H and O–H groups in total. The molecule has 0 fully saturated rings. The summed E-state index contributed by atoms with van der Waals surface area (Å²) in [5.41, 5.74) is 0.710. The van der Waals surface area contributed by atoms with Crippen LogP contribution in [0, 0.1) is 0 Å². The van der Waals surface area contributed by atoms with Crippen molar-refractivity contribution < 1.29 is 13.9 Å². The Bertz CT molecular complexity index is 607. The number of likely N-dealkylation sites (N-methyl/N-ethyl adjacent to an activating group) is 1. The first kappa shape index (κ1) is 18.1. The van der Waals surface area contributed by atoms with E-state index in [4.69, 9.17) is 9.15 Å². The summed E-state index contributed by atoms with van der Waals surface area (Å²) in [5, 5.41) is 2.92. The maximum atomic E-state index is 12.1. The minimum absolute atomic E-state index is 0.0498. The number of hydrogen-bond donors (Lipinski definition) is 1. The average molecular weight is 330 g/mol. The number of furan rings is 1. The highest BCUT2D eigenvalue weighted by Crippen LogP contribution is 2.24. The van der Waals surface area contributed by atoms with Crippen molar-refractivity contribution in [2.75, 3.05) is 31.6 Å². The maximum absolute atomic E-state index is 12.1. The van der Waals surface area contributed by atoms with Gasteiger partial charge in [0.05, 0.1) is 12.0 Å². The van der Waals surface area contributed by atoms with Gasteiger partial charge in [-0.25, -0.2) is 0 Å². The summed E-state index contributed by atoms with van der Waals surface area (Å²) in [7, 11) is 0. The summed E-state index contributed by atoms with van der Waals surface area (Å²) < 4.78 is 11.1. The van der Waals surface area contributed by atoms with E-state index in [-0.39, 0.29) is 5.91 Å². The summed E-state index contributed by atoms with van der Waals surface area (Å²) >= 11 is 0. The molecule has 1 heterocycles. The zero-order chi connectivity index (χ0) is 17.2. The van der Waals surface area contributed by atoms with Gasteiger partial charge in [-0.1, -0.05) is 26.0 Å². The summed E-state index contributed by atoms with van der Waals surface area (Å²) in [6, 6.07) is 11.2. The minimum atomic E-state index is -0.0498. The van der Waals surface area contributed by atoms with Gasteiger partial charge < -0.3 is 19.4 Å². The van der Waals surface area contributed by atoms with Gasteiger partial charge in [0.1, 0.15) is 18.1 Å². The monoisotopic (exact) mass is 330 g/mol. The zero-order valence-corrected chi connectivity index (χ0v) is 14.5. The Morgan fingerprint density at radius 1 is 1.17 bits per heavy atom. The predicted octanol–water partition coefficient (Wildman–Crippen LogP) is 3.57. The van der Waals surface area contributed by atoms with E-state index in [2.05, 4.69) is 24.1 Å². The first-order chi connectivity index (χ1) is 11.7. The van der Waals surface area contributed by atoms with Crippen molar-refractivity contribution >= 4 is 11.6 Å². The highest BCUT2D eigenvalue weighted by molar-refractivity contribution is 5.92. The van der Waals surface area contributed by atoms with Gasteiger partial charge in [0, 0.05) is 19.4 Å². The number of rotatable bonds is 10. The summed E-state index contributed by atoms with van der Waals surface area (Å²) in [5.74, 6) is 1.47. The van der Waals surface area contributed by atoms with E-state index in [1.807, 2.05) is 36.4 Å². The largest absolute Gasteiger partial charge is 0.490 e. The molecule has 5 nitrogen and oxygen atoms in total. The third-order valence-corrected chi connectivity index (χ3v) is 3.90. The topological polar surface area (TPSA) is 54.7 Å². The minimum Gasteiger partial charge on any atom is -0.490 e. The number of carbonyl (C=O) groups excluding carboxylic acids is 1. The third kappa shape index (κ3) is 5.74. The Morgan fingerprint density at radius 2 is 1.96 bits per heavy atom. The number of amides is 1. The molecule has 130 valence electrons. The molecule has 0 bridgehead atoms. The van der Waals surface area contributed by atoms with Crippen LogP contribution >= 0.6 is 0 Å². The normalized spacial score (nSPS) is 10.8. The third-order valence-electron chi connectivity index (χ3n) is 3.90. The molecule has 0 spiro atoms. The molecule has 2 aromatic rings. The number of carbonyl (C=O) groups is 1. The number of benzene rings is 1. The first-order valence-electron chi connectivity index (χ1n) is 8.49. The second kappa shape index (κ2) is 9.78. The van der Waals surface area contributed by atoms with E-state index in [0.717, 1.165) is 25.4 Å². The van der Waals surface area contributed by atoms with Gasteiger partial charge >= 0.3 is 0 Å². The molecular weight excluding hydrogens is 304 g/mol. The van der Waals surface area contributed by atoms with Gasteiger partial charge in [0.15, 0.2) is 0 Å². The number of aryl methyl sites for hydroxylation is 1. The molecule has 24 heavy (non-hydrogen) atoms. The lowest BCUT2D eigenvalue weighted by atomic mass is 10.2. The van der Waals surface area contributed by atoms with E-state index in [9.17, 15) is 4.79 Å². The number of para-hydroxylation sites is 2. The van der Waals surface area contributed by atoms with Crippen LogP contribution in [-0.2, 0) is 11.2 Å². The van der Waals surface area contributed by atoms with E-state index in [1.165, 1.54) is 0 Å². The molecule has 1 aromatic heterocycles. The molecule has 0 saturated heterocycles. The van der Waals surface area contributed by atoms with Crippen molar-refractivity contribution in [2.45, 2.75) is 26.7 Å². The first-order valence-corrected chi connectivity index (χ1v) is 8.49. The number of hydrogen-bond acceptors (Lipinski definition) is 4. The Morgan fingerprint density at radius 3 is 2.67 bits per heavy atom. The van der Waals surface area contributed by atoms with Crippen molar-refractivity contribution in [3.63, 3.8) is 0 Å². The van der Waals surface area contributed by atoms with Crippen LogP contribution in [0.2, 0.25) is 0 Å². The van der Waals surface area contributed by atoms with E-state index in [0.29, 0.717) is 30.9 Å². The Kier molecular flexibility index (Phi) is 7.36. The lowest BCUT2D eigenvalue weighted by molar-refractivity contribution is -0.116. The molecule has 0 saturated carbocycles. The summed E-state index contributed by atoms with van der Waals surface area (Å²) in [6.07, 6.45) is 2.58. The van der Waals surface area contributed by atoms with Crippen molar-refractivity contribution in [3.8, 4) is 5.75 Å². The fraction of sp³-hybridized carbons (Fsp3) is 0.421. The lowest BCUT2D eigenvalue weighted by Crippen LogP contribution is -2.28. The molecule has 0 aliphatic carbocycles. The Balaban J connectivity index is 1.84. The SMILES string of the molecule is CCN(CC)CCOc1ccccc1NC(=O)CCc1ccco1. The number of anilines is 1. The highest BCUT2D eigenvalue weighted by atomic mass is 16.5. The van der Waals surface area contributed by atoms with Gasteiger partial charge in [-0.3, -0.25) is 4.79 Å². The predicted molar refractivity (Wildman–Crippen MR) is 95.4 cm³/mol. The van der Waals surface area contributed by atoms with E-state index < -0.39 is 0 Å². The van der Waals surface area contributed by atoms with Gasteiger partial charge in [0.2, 0.25) is 5.91 Å². The molecule has 2 rings (SSSR count). The van der Waals surface area contributed by atoms with Gasteiger partial charge in [0.25, 0.3) is 0 Å². The van der Waals surface area contributed by atoms with E-state index >= 15 is 0 Å². The smallest absolute Gasteiger partial charge is 0.224 e. The van der Waals surface area contributed by atoms with Crippen LogP contribution in [0.1, 0.15) is 26.0 Å². The van der Waals surface area contributed by atoms with E-state index in [1.54, 1.807) is 6.26 Å². The van der Waals surface area contributed by atoms with Gasteiger partial charge in [-0.15, -0.1) is 0 Å². The quantitative estimate of drug-likeness (QED) is 0.723. The fourth-order valence-corrected chi connectivity index (χ4v) is 2.42. The number of ether oxygens (including phenoxy) is 1. The molecule has 0 radical (unpaired) electrons. The van der Waals surface area contributed by atoms with Crippen LogP contribution in [0.25, 0.3) is 0 Å². The molecule has 1 aromatic carbocycles. The van der Waals surface area contributed by atoms with Gasteiger partial charge in [-0.2, -0.15) is 0 Å². The second-order valence-corrected chi connectivity index (χ2v) is 5.50. The zero-order valence-electron chi connectivity index (χ0n) is 14.5. The van der Waals surface area contributed by atoms with Crippen molar-refractivity contribution in [3.05, 3.63) is 48.4 Å². The van der Waals surface area contributed by atoms with Crippen LogP contribution in [0.3, 0.4) is 0 Å². The van der Waals surface area contributed by atoms with Crippen LogP contribution in [-0.4, -0.2) is 37.0 Å².